The number of nitrogens with zero attached hydrogens (tertiary/aromatic N) is 2. The molecule has 1 amide bonds. The second kappa shape index (κ2) is 9.00. The van der Waals surface area contributed by atoms with Crippen molar-refractivity contribution < 1.29 is 9.21 Å². The zero-order valence-electron chi connectivity index (χ0n) is 18.3. The fourth-order valence-electron chi connectivity index (χ4n) is 4.72. The number of rotatable bonds is 4. The molecule has 1 atom stereocenters. The van der Waals surface area contributed by atoms with Gasteiger partial charge < -0.3 is 19.5 Å². The number of carbonyl (C=O) groups is 1. The number of hydrogen-bond acceptors (Lipinski definition) is 4. The van der Waals surface area contributed by atoms with E-state index < -0.39 is 0 Å². The molecule has 0 bridgehead atoms. The number of aryl methyl sites for hydroxylation is 1. The number of piperazine rings is 1. The summed E-state index contributed by atoms with van der Waals surface area (Å²) >= 11 is 5.97. The molecule has 3 aromatic rings. The highest BCUT2D eigenvalue weighted by Crippen LogP contribution is 2.31. The van der Waals surface area contributed by atoms with Crippen molar-refractivity contribution in [3.63, 3.8) is 0 Å². The van der Waals surface area contributed by atoms with Crippen molar-refractivity contribution in [2.75, 3.05) is 38.1 Å². The summed E-state index contributed by atoms with van der Waals surface area (Å²) in [5.41, 5.74) is 5.03. The van der Waals surface area contributed by atoms with Crippen LogP contribution >= 0.6 is 11.6 Å². The first-order chi connectivity index (χ1) is 15.6. The minimum absolute atomic E-state index is 0.104. The number of likely N-dealkylation sites (N-methyl/N-ethyl adjacent to an activating group) is 1. The van der Waals surface area contributed by atoms with Crippen molar-refractivity contribution in [3.05, 3.63) is 76.5 Å². The number of fused-ring (bicyclic) bond motifs is 1. The molecule has 2 aromatic carbocycles. The van der Waals surface area contributed by atoms with E-state index in [-0.39, 0.29) is 11.9 Å². The first-order valence-corrected chi connectivity index (χ1v) is 11.7. The van der Waals surface area contributed by atoms with Crippen molar-refractivity contribution in [3.8, 4) is 11.3 Å². The number of furan rings is 1. The van der Waals surface area contributed by atoms with Crippen molar-refractivity contribution in [2.45, 2.75) is 25.3 Å². The van der Waals surface area contributed by atoms with Gasteiger partial charge in [0.05, 0.1) is 0 Å². The molecule has 2 heterocycles. The van der Waals surface area contributed by atoms with Gasteiger partial charge in [-0.3, -0.25) is 4.79 Å². The first-order valence-electron chi connectivity index (χ1n) is 11.3. The maximum Gasteiger partial charge on any atom is 0.287 e. The van der Waals surface area contributed by atoms with Gasteiger partial charge in [-0.15, -0.1) is 0 Å². The molecule has 166 valence electrons. The topological polar surface area (TPSA) is 48.7 Å². The van der Waals surface area contributed by atoms with E-state index in [1.807, 2.05) is 30.3 Å². The number of halogens is 1. The van der Waals surface area contributed by atoms with Crippen LogP contribution in [-0.4, -0.2) is 50.1 Å². The van der Waals surface area contributed by atoms with E-state index in [1.165, 1.54) is 16.8 Å². The van der Waals surface area contributed by atoms with Crippen molar-refractivity contribution in [2.24, 2.45) is 0 Å². The molecule has 0 spiro atoms. The number of carbonyl (C=O) groups excluding carboxylic acids is 1. The highest BCUT2D eigenvalue weighted by molar-refractivity contribution is 6.30. The average Bonchev–Trinajstić information content (AvgIpc) is 3.30. The fraction of sp³-hybridized carbons (Fsp3) is 0.346. The lowest BCUT2D eigenvalue weighted by Crippen LogP contribution is -2.45. The fourth-order valence-corrected chi connectivity index (χ4v) is 4.85. The van der Waals surface area contributed by atoms with E-state index in [4.69, 9.17) is 16.0 Å². The third kappa shape index (κ3) is 4.41. The monoisotopic (exact) mass is 449 g/mol. The van der Waals surface area contributed by atoms with Gasteiger partial charge in [-0.1, -0.05) is 23.7 Å². The highest BCUT2D eigenvalue weighted by atomic mass is 35.5. The molecule has 1 fully saturated rings. The van der Waals surface area contributed by atoms with Crippen LogP contribution in [0.2, 0.25) is 5.02 Å². The summed E-state index contributed by atoms with van der Waals surface area (Å²) in [7, 11) is 2.18. The Morgan fingerprint density at radius 2 is 1.81 bits per heavy atom. The average molecular weight is 450 g/mol. The van der Waals surface area contributed by atoms with Crippen molar-refractivity contribution in [1.82, 2.24) is 10.2 Å². The van der Waals surface area contributed by atoms with Gasteiger partial charge >= 0.3 is 0 Å². The molecule has 1 aliphatic carbocycles. The van der Waals surface area contributed by atoms with Crippen LogP contribution in [0.25, 0.3) is 11.3 Å². The zero-order valence-corrected chi connectivity index (χ0v) is 19.1. The van der Waals surface area contributed by atoms with Gasteiger partial charge in [-0.05, 0) is 79.9 Å². The largest absolute Gasteiger partial charge is 0.451 e. The summed E-state index contributed by atoms with van der Waals surface area (Å²) in [5.74, 6) is 0.849. The second-order valence-electron chi connectivity index (χ2n) is 8.79. The molecule has 5 rings (SSSR count). The van der Waals surface area contributed by atoms with Crippen molar-refractivity contribution in [1.29, 1.82) is 0 Å². The molecule has 1 unspecified atom stereocenters. The number of hydrogen-bond donors (Lipinski definition) is 1. The quantitative estimate of drug-likeness (QED) is 0.630. The molecule has 6 heteroatoms. The molecule has 32 heavy (non-hydrogen) atoms. The molecular formula is C26H28ClN3O2. The second-order valence-corrected chi connectivity index (χ2v) is 9.23. The Kier molecular flexibility index (Phi) is 5.94. The standard InChI is InChI=1S/C26H28ClN3O2/c1-29-13-15-30(16-14-29)23-4-2-3-18-7-10-21(17-22(18)23)28-26(31)25-12-11-24(32-25)19-5-8-20(27)9-6-19/h2-6,8-9,11-12,21H,7,10,13-17H2,1H3,(H,28,31). The maximum atomic E-state index is 12.9. The summed E-state index contributed by atoms with van der Waals surface area (Å²) in [6.45, 7) is 4.25. The Morgan fingerprint density at radius 3 is 2.59 bits per heavy atom. The van der Waals surface area contributed by atoms with Crippen LogP contribution < -0.4 is 10.2 Å². The molecule has 0 radical (unpaired) electrons. The lowest BCUT2D eigenvalue weighted by molar-refractivity contribution is 0.0906. The number of amides is 1. The summed E-state index contributed by atoms with van der Waals surface area (Å²) in [6.07, 6.45) is 2.78. The van der Waals surface area contributed by atoms with Crippen molar-refractivity contribution >= 4 is 23.2 Å². The molecule has 5 nitrogen and oxygen atoms in total. The van der Waals surface area contributed by atoms with Gasteiger partial charge in [-0.25, -0.2) is 0 Å². The smallest absolute Gasteiger partial charge is 0.287 e. The SMILES string of the molecule is CN1CCN(c2cccc3c2CC(NC(=O)c2ccc(-c4ccc(Cl)cc4)o2)CC3)CC1. The van der Waals surface area contributed by atoms with Gasteiger partial charge in [0.25, 0.3) is 5.91 Å². The number of nitrogens with one attached hydrogen (secondary N) is 1. The third-order valence-electron chi connectivity index (χ3n) is 6.60. The molecule has 1 aromatic heterocycles. The van der Waals surface area contributed by atoms with E-state index in [0.717, 1.165) is 51.0 Å². The molecule has 0 saturated carbocycles. The summed E-state index contributed by atoms with van der Waals surface area (Å²) in [4.78, 5) is 17.8. The van der Waals surface area contributed by atoms with E-state index >= 15 is 0 Å². The van der Waals surface area contributed by atoms with Gasteiger partial charge in [0, 0.05) is 48.5 Å². The van der Waals surface area contributed by atoms with E-state index in [0.29, 0.717) is 16.5 Å². The van der Waals surface area contributed by atoms with Crippen LogP contribution in [0.15, 0.2) is 59.0 Å². The van der Waals surface area contributed by atoms with Gasteiger partial charge in [0.15, 0.2) is 5.76 Å². The van der Waals surface area contributed by atoms with E-state index in [2.05, 4.69) is 40.4 Å². The lowest BCUT2D eigenvalue weighted by atomic mass is 9.86. The van der Waals surface area contributed by atoms with Gasteiger partial charge in [0.1, 0.15) is 5.76 Å². The predicted octanol–water partition coefficient (Wildman–Crippen LogP) is 4.64. The summed E-state index contributed by atoms with van der Waals surface area (Å²) in [6, 6.07) is 17.7. The zero-order chi connectivity index (χ0) is 22.1. The first kappa shape index (κ1) is 21.1. The minimum atomic E-state index is -0.157. The molecule has 1 aliphatic heterocycles. The van der Waals surface area contributed by atoms with E-state index in [9.17, 15) is 4.79 Å². The maximum absolute atomic E-state index is 12.9. The van der Waals surface area contributed by atoms with Crippen LogP contribution in [0.3, 0.4) is 0 Å². The molecule has 1 saturated heterocycles. The number of benzene rings is 2. The van der Waals surface area contributed by atoms with Crippen LogP contribution in [0, 0.1) is 0 Å². The highest BCUT2D eigenvalue weighted by Gasteiger charge is 2.26. The third-order valence-corrected chi connectivity index (χ3v) is 6.85. The minimum Gasteiger partial charge on any atom is -0.451 e. The Morgan fingerprint density at radius 1 is 1.03 bits per heavy atom. The number of anilines is 1. The molecule has 1 N–H and O–H groups in total. The predicted molar refractivity (Wildman–Crippen MR) is 129 cm³/mol. The van der Waals surface area contributed by atoms with Crippen LogP contribution in [-0.2, 0) is 12.8 Å². The Balaban J connectivity index is 1.28. The van der Waals surface area contributed by atoms with Crippen LogP contribution in [0.5, 0.6) is 0 Å². The molecule has 2 aliphatic rings. The Hall–Kier alpha value is -2.76. The van der Waals surface area contributed by atoms with Gasteiger partial charge in [-0.2, -0.15) is 0 Å². The van der Waals surface area contributed by atoms with Gasteiger partial charge in [0.2, 0.25) is 0 Å². The molecular weight excluding hydrogens is 422 g/mol. The van der Waals surface area contributed by atoms with Crippen LogP contribution in [0.1, 0.15) is 28.1 Å². The van der Waals surface area contributed by atoms with E-state index in [1.54, 1.807) is 6.07 Å². The summed E-state index contributed by atoms with van der Waals surface area (Å²) < 4.78 is 5.84. The normalized spacial score (nSPS) is 18.9. The van der Waals surface area contributed by atoms with Crippen LogP contribution in [0.4, 0.5) is 5.69 Å². The Bertz CT molecular complexity index is 1100. The summed E-state index contributed by atoms with van der Waals surface area (Å²) in [5, 5.41) is 3.88. The lowest BCUT2D eigenvalue weighted by Gasteiger charge is -2.37. The Labute approximate surface area is 194 Å².